The van der Waals surface area contributed by atoms with Crippen LogP contribution in [0, 0.1) is 0 Å². The molecule has 0 bridgehead atoms. The Morgan fingerprint density at radius 2 is 2.06 bits per heavy atom. The first-order chi connectivity index (χ1) is 8.65. The summed E-state index contributed by atoms with van der Waals surface area (Å²) < 4.78 is 25.0. The molecule has 1 aromatic heterocycles. The summed E-state index contributed by atoms with van der Waals surface area (Å²) in [5, 5.41) is 3.49. The first kappa shape index (κ1) is 12.8. The van der Waals surface area contributed by atoms with Gasteiger partial charge >= 0.3 is 0 Å². The molecule has 2 aromatic rings. The van der Waals surface area contributed by atoms with E-state index in [4.69, 9.17) is 11.6 Å². The van der Waals surface area contributed by atoms with Crippen LogP contribution in [0.2, 0.25) is 5.15 Å². The van der Waals surface area contributed by atoms with Crippen LogP contribution in [0.5, 0.6) is 0 Å². The molecule has 0 fully saturated rings. The van der Waals surface area contributed by atoms with Crippen molar-refractivity contribution in [2.75, 3.05) is 5.32 Å². The summed E-state index contributed by atoms with van der Waals surface area (Å²) in [5.41, 5.74) is 1.63. The van der Waals surface area contributed by atoms with E-state index in [0.717, 1.165) is 11.3 Å². The Labute approximate surface area is 109 Å². The Balaban J connectivity index is 2.04. The Kier molecular flexibility index (Phi) is 4.10. The summed E-state index contributed by atoms with van der Waals surface area (Å²) in [6, 6.07) is 9.76. The molecule has 1 heterocycles. The van der Waals surface area contributed by atoms with Gasteiger partial charge in [0.1, 0.15) is 5.15 Å². The highest BCUT2D eigenvalue weighted by molar-refractivity contribution is 6.29. The van der Waals surface area contributed by atoms with E-state index in [2.05, 4.69) is 10.3 Å². The van der Waals surface area contributed by atoms with Gasteiger partial charge in [-0.25, -0.2) is 13.8 Å². The predicted molar refractivity (Wildman–Crippen MR) is 68.0 cm³/mol. The molecule has 0 aliphatic carbocycles. The third-order valence-electron chi connectivity index (χ3n) is 2.43. The van der Waals surface area contributed by atoms with E-state index in [0.29, 0.717) is 11.7 Å². The van der Waals surface area contributed by atoms with Gasteiger partial charge in [-0.1, -0.05) is 29.8 Å². The number of hydrogen-bond acceptors (Lipinski definition) is 2. The number of hydrogen-bond donors (Lipinski definition) is 1. The maximum absolute atomic E-state index is 12.5. The van der Waals surface area contributed by atoms with Gasteiger partial charge in [-0.2, -0.15) is 0 Å². The quantitative estimate of drug-likeness (QED) is 0.837. The molecule has 0 spiro atoms. The van der Waals surface area contributed by atoms with Gasteiger partial charge in [-0.05, 0) is 23.8 Å². The zero-order valence-electron chi connectivity index (χ0n) is 9.41. The molecular formula is C13H11ClF2N2. The van der Waals surface area contributed by atoms with Crippen LogP contribution < -0.4 is 5.32 Å². The first-order valence-corrected chi connectivity index (χ1v) is 5.75. The summed E-state index contributed by atoms with van der Waals surface area (Å²) in [6.45, 7) is 0.459. The monoisotopic (exact) mass is 268 g/mol. The predicted octanol–water partition coefficient (Wildman–Crippen LogP) is 4.28. The number of aromatic nitrogens is 1. The molecule has 0 aliphatic rings. The second-order valence-corrected chi connectivity index (χ2v) is 4.15. The Bertz CT molecular complexity index is 532. The van der Waals surface area contributed by atoms with Gasteiger partial charge in [-0.15, -0.1) is 0 Å². The van der Waals surface area contributed by atoms with E-state index in [-0.39, 0.29) is 5.56 Å². The summed E-state index contributed by atoms with van der Waals surface area (Å²) in [5.74, 6) is 0. The van der Waals surface area contributed by atoms with E-state index in [9.17, 15) is 8.78 Å². The van der Waals surface area contributed by atoms with E-state index >= 15 is 0 Å². The van der Waals surface area contributed by atoms with E-state index in [1.807, 2.05) is 0 Å². The lowest BCUT2D eigenvalue weighted by molar-refractivity contribution is 0.151. The van der Waals surface area contributed by atoms with Crippen LogP contribution in [0.15, 0.2) is 42.6 Å². The molecule has 18 heavy (non-hydrogen) atoms. The molecule has 0 radical (unpaired) electrons. The number of alkyl halides is 2. The lowest BCUT2D eigenvalue weighted by atomic mass is 10.1. The SMILES string of the molecule is FC(F)c1cccc(CNc2ccnc(Cl)c2)c1. The molecule has 2 rings (SSSR count). The lowest BCUT2D eigenvalue weighted by Gasteiger charge is -2.08. The number of nitrogens with zero attached hydrogens (tertiary/aromatic N) is 1. The average Bonchev–Trinajstić information content (AvgIpc) is 2.37. The topological polar surface area (TPSA) is 24.9 Å². The molecule has 1 N–H and O–H groups in total. The van der Waals surface area contributed by atoms with Crippen LogP contribution in [-0.4, -0.2) is 4.98 Å². The highest BCUT2D eigenvalue weighted by Gasteiger charge is 2.06. The lowest BCUT2D eigenvalue weighted by Crippen LogP contribution is -2.00. The van der Waals surface area contributed by atoms with Crippen LogP contribution in [0.25, 0.3) is 0 Å². The molecule has 0 saturated heterocycles. The minimum atomic E-state index is -2.44. The van der Waals surface area contributed by atoms with Crippen molar-refractivity contribution >= 4 is 17.3 Å². The van der Waals surface area contributed by atoms with E-state index in [1.165, 1.54) is 12.1 Å². The Hall–Kier alpha value is -1.68. The normalized spacial score (nSPS) is 10.7. The summed E-state index contributed by atoms with van der Waals surface area (Å²) in [6.07, 6.45) is -0.861. The molecule has 94 valence electrons. The highest BCUT2D eigenvalue weighted by Crippen LogP contribution is 2.20. The van der Waals surface area contributed by atoms with Gasteiger partial charge in [0.25, 0.3) is 6.43 Å². The zero-order valence-corrected chi connectivity index (χ0v) is 10.2. The van der Waals surface area contributed by atoms with Crippen LogP contribution in [-0.2, 0) is 6.54 Å². The van der Waals surface area contributed by atoms with Crippen molar-refractivity contribution in [2.24, 2.45) is 0 Å². The van der Waals surface area contributed by atoms with Crippen molar-refractivity contribution in [1.29, 1.82) is 0 Å². The molecule has 0 unspecified atom stereocenters. The summed E-state index contributed by atoms with van der Waals surface area (Å²) >= 11 is 5.74. The molecule has 0 saturated carbocycles. The standard InChI is InChI=1S/C13H11ClF2N2/c14-12-7-11(4-5-17-12)18-8-9-2-1-3-10(6-9)13(15)16/h1-7,13H,8H2,(H,17,18). The molecule has 2 nitrogen and oxygen atoms in total. The van der Waals surface area contributed by atoms with Gasteiger partial charge < -0.3 is 5.32 Å². The van der Waals surface area contributed by atoms with Gasteiger partial charge in [0.15, 0.2) is 0 Å². The number of nitrogens with one attached hydrogen (secondary N) is 1. The number of rotatable bonds is 4. The average molecular weight is 269 g/mol. The minimum absolute atomic E-state index is 0.0297. The highest BCUT2D eigenvalue weighted by atomic mass is 35.5. The van der Waals surface area contributed by atoms with Gasteiger partial charge in [0, 0.05) is 24.0 Å². The van der Waals surface area contributed by atoms with Crippen molar-refractivity contribution in [3.8, 4) is 0 Å². The Morgan fingerprint density at radius 3 is 2.78 bits per heavy atom. The Morgan fingerprint density at radius 1 is 1.22 bits per heavy atom. The zero-order chi connectivity index (χ0) is 13.0. The van der Waals surface area contributed by atoms with Gasteiger partial charge in [-0.3, -0.25) is 0 Å². The number of anilines is 1. The molecule has 0 atom stereocenters. The van der Waals surface area contributed by atoms with E-state index in [1.54, 1.807) is 30.5 Å². The van der Waals surface area contributed by atoms with Crippen LogP contribution in [0.3, 0.4) is 0 Å². The molecule has 1 aromatic carbocycles. The molecular weight excluding hydrogens is 258 g/mol. The van der Waals surface area contributed by atoms with Crippen LogP contribution in [0.4, 0.5) is 14.5 Å². The number of pyridine rings is 1. The fraction of sp³-hybridized carbons (Fsp3) is 0.154. The molecule has 0 aliphatic heterocycles. The minimum Gasteiger partial charge on any atom is -0.381 e. The maximum atomic E-state index is 12.5. The smallest absolute Gasteiger partial charge is 0.263 e. The van der Waals surface area contributed by atoms with Crippen molar-refractivity contribution in [3.05, 3.63) is 58.9 Å². The molecule has 5 heteroatoms. The third-order valence-corrected chi connectivity index (χ3v) is 2.63. The summed E-state index contributed by atoms with van der Waals surface area (Å²) in [7, 11) is 0. The van der Waals surface area contributed by atoms with Crippen LogP contribution >= 0.6 is 11.6 Å². The summed E-state index contributed by atoms with van der Waals surface area (Å²) in [4.78, 5) is 3.86. The number of halogens is 3. The second-order valence-electron chi connectivity index (χ2n) is 3.77. The van der Waals surface area contributed by atoms with Crippen molar-refractivity contribution in [1.82, 2.24) is 4.98 Å². The molecule has 0 amide bonds. The third kappa shape index (κ3) is 3.40. The van der Waals surface area contributed by atoms with Crippen molar-refractivity contribution in [3.63, 3.8) is 0 Å². The van der Waals surface area contributed by atoms with Crippen LogP contribution in [0.1, 0.15) is 17.6 Å². The fourth-order valence-corrected chi connectivity index (χ4v) is 1.73. The van der Waals surface area contributed by atoms with Crippen molar-refractivity contribution in [2.45, 2.75) is 13.0 Å². The fourth-order valence-electron chi connectivity index (χ4n) is 1.56. The maximum Gasteiger partial charge on any atom is 0.263 e. The largest absolute Gasteiger partial charge is 0.381 e. The van der Waals surface area contributed by atoms with Gasteiger partial charge in [0.2, 0.25) is 0 Å². The van der Waals surface area contributed by atoms with E-state index < -0.39 is 6.43 Å². The number of benzene rings is 1. The second kappa shape index (κ2) is 5.78. The van der Waals surface area contributed by atoms with Crippen molar-refractivity contribution < 1.29 is 8.78 Å². The first-order valence-electron chi connectivity index (χ1n) is 5.37. The van der Waals surface area contributed by atoms with Gasteiger partial charge in [0.05, 0.1) is 0 Å².